The van der Waals surface area contributed by atoms with Crippen molar-refractivity contribution in [2.75, 3.05) is 0 Å². The van der Waals surface area contributed by atoms with E-state index in [4.69, 9.17) is 5.26 Å². The van der Waals surface area contributed by atoms with Crippen LogP contribution in [0.2, 0.25) is 0 Å². The monoisotopic (exact) mass is 188 g/mol. The molecule has 1 aromatic rings. The highest BCUT2D eigenvalue weighted by Gasteiger charge is 2.01. The van der Waals surface area contributed by atoms with E-state index >= 15 is 0 Å². The van der Waals surface area contributed by atoms with Gasteiger partial charge >= 0.3 is 0 Å². The second-order valence-electron chi connectivity index (χ2n) is 3.52. The van der Waals surface area contributed by atoms with Crippen LogP contribution >= 0.6 is 0 Å². The molecule has 0 amide bonds. The maximum Gasteiger partial charge on any atom is 0.176 e. The lowest BCUT2D eigenvalue weighted by Gasteiger charge is -2.09. The van der Waals surface area contributed by atoms with E-state index in [2.05, 4.69) is 43.4 Å². The van der Waals surface area contributed by atoms with E-state index < -0.39 is 0 Å². The van der Waals surface area contributed by atoms with Gasteiger partial charge < -0.3 is 5.32 Å². The van der Waals surface area contributed by atoms with Gasteiger partial charge in [-0.1, -0.05) is 38.1 Å². The average molecular weight is 188 g/mol. The van der Waals surface area contributed by atoms with Crippen molar-refractivity contribution in [2.45, 2.75) is 32.7 Å². The average Bonchev–Trinajstić information content (AvgIpc) is 2.26. The third-order valence-electron chi connectivity index (χ3n) is 2.53. The number of benzene rings is 1. The van der Waals surface area contributed by atoms with Gasteiger partial charge in [-0.3, -0.25) is 0 Å². The highest BCUT2D eigenvalue weighted by Crippen LogP contribution is 2.18. The van der Waals surface area contributed by atoms with Crippen molar-refractivity contribution in [1.29, 1.82) is 5.26 Å². The molecule has 14 heavy (non-hydrogen) atoms. The van der Waals surface area contributed by atoms with Crippen LogP contribution in [-0.4, -0.2) is 0 Å². The van der Waals surface area contributed by atoms with Gasteiger partial charge in [-0.2, -0.15) is 5.26 Å². The number of nitrogens with zero attached hydrogens (tertiary/aromatic N) is 1. The van der Waals surface area contributed by atoms with Crippen molar-refractivity contribution in [2.24, 2.45) is 0 Å². The minimum absolute atomic E-state index is 0.618. The molecule has 0 heterocycles. The van der Waals surface area contributed by atoms with Gasteiger partial charge in [0, 0.05) is 6.54 Å². The molecule has 0 aromatic heterocycles. The van der Waals surface area contributed by atoms with Crippen LogP contribution in [0.25, 0.3) is 0 Å². The van der Waals surface area contributed by atoms with Crippen LogP contribution in [0.3, 0.4) is 0 Å². The summed E-state index contributed by atoms with van der Waals surface area (Å²) in [5.41, 5.74) is 2.52. The molecule has 1 atom stereocenters. The molecule has 0 saturated heterocycles. The number of nitriles is 1. The van der Waals surface area contributed by atoms with Crippen LogP contribution in [0.4, 0.5) is 0 Å². The second-order valence-corrected chi connectivity index (χ2v) is 3.52. The van der Waals surface area contributed by atoms with Crippen molar-refractivity contribution in [3.8, 4) is 6.19 Å². The van der Waals surface area contributed by atoms with Gasteiger partial charge in [0.1, 0.15) is 0 Å². The Balaban J connectivity index is 2.64. The molecule has 0 radical (unpaired) electrons. The third-order valence-corrected chi connectivity index (χ3v) is 2.53. The molecule has 74 valence electrons. The smallest absolute Gasteiger partial charge is 0.176 e. The molecule has 0 saturated carbocycles. The molecule has 1 unspecified atom stereocenters. The number of hydrogen-bond acceptors (Lipinski definition) is 2. The minimum Gasteiger partial charge on any atom is -0.319 e. The maximum absolute atomic E-state index is 8.35. The summed E-state index contributed by atoms with van der Waals surface area (Å²) in [4.78, 5) is 0. The van der Waals surface area contributed by atoms with Gasteiger partial charge in [0.2, 0.25) is 0 Å². The van der Waals surface area contributed by atoms with Gasteiger partial charge in [0.15, 0.2) is 6.19 Å². The molecule has 0 aliphatic heterocycles. The molecule has 0 aliphatic rings. The van der Waals surface area contributed by atoms with Crippen LogP contribution in [0.15, 0.2) is 24.3 Å². The lowest BCUT2D eigenvalue weighted by molar-refractivity contribution is 0.732. The molecule has 0 bridgehead atoms. The third kappa shape index (κ3) is 2.77. The predicted octanol–water partition coefficient (Wildman–Crippen LogP) is 2.77. The Labute approximate surface area is 85.6 Å². The Hall–Kier alpha value is -1.49. The normalized spacial score (nSPS) is 11.8. The molecular weight excluding hydrogens is 172 g/mol. The van der Waals surface area contributed by atoms with Crippen LogP contribution < -0.4 is 5.32 Å². The van der Waals surface area contributed by atoms with Gasteiger partial charge in [-0.25, -0.2) is 0 Å². The number of rotatable bonds is 4. The van der Waals surface area contributed by atoms with Crippen LogP contribution in [0.5, 0.6) is 0 Å². The summed E-state index contributed by atoms with van der Waals surface area (Å²) in [6.45, 7) is 5.04. The fourth-order valence-electron chi connectivity index (χ4n) is 1.34. The summed E-state index contributed by atoms with van der Waals surface area (Å²) in [5, 5.41) is 11.0. The Kier molecular flexibility index (Phi) is 4.00. The SMILES string of the molecule is CCC(C)c1ccc(CNC#N)cc1. The highest BCUT2D eigenvalue weighted by molar-refractivity contribution is 5.25. The molecule has 2 nitrogen and oxygen atoms in total. The van der Waals surface area contributed by atoms with Crippen molar-refractivity contribution < 1.29 is 0 Å². The standard InChI is InChI=1S/C12H16N2/c1-3-10(2)12-6-4-11(5-7-12)8-14-9-13/h4-7,10,14H,3,8H2,1-2H3. The van der Waals surface area contributed by atoms with Gasteiger partial charge in [0.25, 0.3) is 0 Å². The fraction of sp³-hybridized carbons (Fsp3) is 0.417. The zero-order chi connectivity index (χ0) is 10.4. The van der Waals surface area contributed by atoms with E-state index in [1.165, 1.54) is 5.56 Å². The summed E-state index contributed by atoms with van der Waals surface area (Å²) in [7, 11) is 0. The lowest BCUT2D eigenvalue weighted by Crippen LogP contribution is -2.04. The quantitative estimate of drug-likeness (QED) is 0.582. The van der Waals surface area contributed by atoms with Crippen molar-refractivity contribution in [3.05, 3.63) is 35.4 Å². The fourth-order valence-corrected chi connectivity index (χ4v) is 1.34. The number of nitrogens with one attached hydrogen (secondary N) is 1. The summed E-state index contributed by atoms with van der Waals surface area (Å²) in [5.74, 6) is 0.618. The van der Waals surface area contributed by atoms with Crippen molar-refractivity contribution in [3.63, 3.8) is 0 Å². The van der Waals surface area contributed by atoms with E-state index in [1.807, 2.05) is 6.19 Å². The zero-order valence-electron chi connectivity index (χ0n) is 8.75. The molecule has 1 N–H and O–H groups in total. The highest BCUT2D eigenvalue weighted by atomic mass is 14.8. The van der Waals surface area contributed by atoms with Gasteiger partial charge in [-0.15, -0.1) is 0 Å². The first-order valence-electron chi connectivity index (χ1n) is 4.98. The summed E-state index contributed by atoms with van der Waals surface area (Å²) < 4.78 is 0. The molecule has 2 heteroatoms. The lowest BCUT2D eigenvalue weighted by atomic mass is 9.98. The van der Waals surface area contributed by atoms with Gasteiger partial charge in [0.05, 0.1) is 0 Å². The Morgan fingerprint density at radius 1 is 1.36 bits per heavy atom. The Bertz CT molecular complexity index is 308. The van der Waals surface area contributed by atoms with E-state index in [9.17, 15) is 0 Å². The summed E-state index contributed by atoms with van der Waals surface area (Å²) in [6.07, 6.45) is 3.08. The predicted molar refractivity (Wildman–Crippen MR) is 57.6 cm³/mol. The topological polar surface area (TPSA) is 35.8 Å². The zero-order valence-corrected chi connectivity index (χ0v) is 8.75. The van der Waals surface area contributed by atoms with Crippen LogP contribution in [0, 0.1) is 11.5 Å². The molecular formula is C12H16N2. The first-order chi connectivity index (χ1) is 6.77. The molecule has 1 aromatic carbocycles. The first kappa shape index (κ1) is 10.6. The van der Waals surface area contributed by atoms with Crippen molar-refractivity contribution >= 4 is 0 Å². The minimum atomic E-state index is 0.618. The molecule has 0 fully saturated rings. The maximum atomic E-state index is 8.35. The number of hydrogen-bond donors (Lipinski definition) is 1. The largest absolute Gasteiger partial charge is 0.319 e. The van der Waals surface area contributed by atoms with E-state index in [0.717, 1.165) is 12.0 Å². The van der Waals surface area contributed by atoms with Crippen molar-refractivity contribution in [1.82, 2.24) is 5.32 Å². The second kappa shape index (κ2) is 5.29. The van der Waals surface area contributed by atoms with E-state index in [-0.39, 0.29) is 0 Å². The van der Waals surface area contributed by atoms with Crippen LogP contribution in [0.1, 0.15) is 37.3 Å². The molecule has 0 aliphatic carbocycles. The molecule has 0 spiro atoms. The molecule has 1 rings (SSSR count). The van der Waals surface area contributed by atoms with Crippen LogP contribution in [-0.2, 0) is 6.54 Å². The van der Waals surface area contributed by atoms with E-state index in [1.54, 1.807) is 0 Å². The van der Waals surface area contributed by atoms with Gasteiger partial charge in [-0.05, 0) is 23.5 Å². The van der Waals surface area contributed by atoms with E-state index in [0.29, 0.717) is 12.5 Å². The summed E-state index contributed by atoms with van der Waals surface area (Å²) >= 11 is 0. The Morgan fingerprint density at radius 3 is 2.50 bits per heavy atom. The summed E-state index contributed by atoms with van der Waals surface area (Å²) in [6, 6.07) is 8.43. The first-order valence-corrected chi connectivity index (χ1v) is 4.98. The Morgan fingerprint density at radius 2 is 2.00 bits per heavy atom.